The first-order valence-electron chi connectivity index (χ1n) is 5.38. The number of nitrogens with zero attached hydrogens (tertiary/aromatic N) is 1. The van der Waals surface area contributed by atoms with E-state index in [4.69, 9.17) is 0 Å². The summed E-state index contributed by atoms with van der Waals surface area (Å²) >= 11 is 1.68. The van der Waals surface area contributed by atoms with E-state index in [0.29, 0.717) is 6.54 Å². The normalized spacial score (nSPS) is 11.4. The maximum atomic E-state index is 11.8. The van der Waals surface area contributed by atoms with Gasteiger partial charge in [-0.3, -0.25) is 4.79 Å². The van der Waals surface area contributed by atoms with Crippen molar-refractivity contribution in [2.45, 2.75) is 20.4 Å². The SMILES string of the molecule is CC=CC=CC(=O)N(CC)Cc1cccs1. The van der Waals surface area contributed by atoms with Crippen molar-refractivity contribution >= 4 is 17.2 Å². The second-order valence-electron chi connectivity index (χ2n) is 3.32. The lowest BCUT2D eigenvalue weighted by Gasteiger charge is -2.17. The summed E-state index contributed by atoms with van der Waals surface area (Å²) in [6.07, 6.45) is 7.15. The van der Waals surface area contributed by atoms with E-state index in [9.17, 15) is 4.79 Å². The Morgan fingerprint density at radius 3 is 2.88 bits per heavy atom. The molecule has 1 aromatic rings. The first kappa shape index (κ1) is 12.7. The highest BCUT2D eigenvalue weighted by Gasteiger charge is 2.08. The standard InChI is InChI=1S/C13H17NOS/c1-3-5-6-9-13(15)14(4-2)11-12-8-7-10-16-12/h3,5-10H,4,11H2,1-2H3. The molecule has 0 aromatic carbocycles. The Morgan fingerprint density at radius 2 is 2.31 bits per heavy atom. The van der Waals surface area contributed by atoms with Crippen molar-refractivity contribution in [1.82, 2.24) is 4.90 Å². The summed E-state index contributed by atoms with van der Waals surface area (Å²) in [7, 11) is 0. The van der Waals surface area contributed by atoms with Gasteiger partial charge in [-0.1, -0.05) is 24.3 Å². The molecular formula is C13H17NOS. The van der Waals surface area contributed by atoms with Crippen molar-refractivity contribution in [3.05, 3.63) is 46.7 Å². The average Bonchev–Trinajstić information content (AvgIpc) is 2.78. The quantitative estimate of drug-likeness (QED) is 0.567. The predicted octanol–water partition coefficient (Wildman–Crippen LogP) is 3.23. The summed E-state index contributed by atoms with van der Waals surface area (Å²) in [4.78, 5) is 14.8. The van der Waals surface area contributed by atoms with Crippen LogP contribution in [0.2, 0.25) is 0 Å². The number of carbonyl (C=O) groups is 1. The molecule has 2 nitrogen and oxygen atoms in total. The van der Waals surface area contributed by atoms with E-state index in [-0.39, 0.29) is 5.91 Å². The van der Waals surface area contributed by atoms with Crippen LogP contribution >= 0.6 is 11.3 Å². The molecule has 0 aliphatic heterocycles. The number of likely N-dealkylation sites (N-methyl/N-ethyl adjacent to an activating group) is 1. The summed E-state index contributed by atoms with van der Waals surface area (Å²) in [5.41, 5.74) is 0. The molecule has 1 rings (SSSR count). The van der Waals surface area contributed by atoms with E-state index in [1.54, 1.807) is 23.5 Å². The monoisotopic (exact) mass is 235 g/mol. The first-order valence-corrected chi connectivity index (χ1v) is 6.26. The molecule has 16 heavy (non-hydrogen) atoms. The zero-order chi connectivity index (χ0) is 11.8. The van der Waals surface area contributed by atoms with Crippen molar-refractivity contribution < 1.29 is 4.79 Å². The van der Waals surface area contributed by atoms with Crippen LogP contribution in [-0.2, 0) is 11.3 Å². The van der Waals surface area contributed by atoms with Gasteiger partial charge in [-0.2, -0.15) is 0 Å². The molecule has 0 spiro atoms. The van der Waals surface area contributed by atoms with Crippen molar-refractivity contribution in [1.29, 1.82) is 0 Å². The molecule has 0 radical (unpaired) electrons. The zero-order valence-electron chi connectivity index (χ0n) is 9.72. The van der Waals surface area contributed by atoms with E-state index >= 15 is 0 Å². The van der Waals surface area contributed by atoms with Crippen LogP contribution in [-0.4, -0.2) is 17.4 Å². The minimum absolute atomic E-state index is 0.0639. The molecule has 0 fully saturated rings. The third-order valence-electron chi connectivity index (χ3n) is 2.16. The Balaban J connectivity index is 2.57. The van der Waals surface area contributed by atoms with Crippen molar-refractivity contribution in [3.8, 4) is 0 Å². The first-order chi connectivity index (χ1) is 7.77. The van der Waals surface area contributed by atoms with E-state index in [0.717, 1.165) is 6.54 Å². The molecule has 0 N–H and O–H groups in total. The number of carbonyl (C=O) groups excluding carboxylic acids is 1. The molecule has 3 heteroatoms. The van der Waals surface area contributed by atoms with Gasteiger partial charge in [0, 0.05) is 17.5 Å². The second kappa shape index (κ2) is 7.01. The van der Waals surface area contributed by atoms with Gasteiger partial charge in [0.1, 0.15) is 0 Å². The fourth-order valence-corrected chi connectivity index (χ4v) is 2.01. The Hall–Kier alpha value is -1.35. The summed E-state index contributed by atoms with van der Waals surface area (Å²) in [5.74, 6) is 0.0639. The molecule has 1 aromatic heterocycles. The molecule has 0 aliphatic carbocycles. The van der Waals surface area contributed by atoms with Crippen LogP contribution in [0.1, 0.15) is 18.7 Å². The van der Waals surface area contributed by atoms with Crippen LogP contribution in [0.15, 0.2) is 41.8 Å². The van der Waals surface area contributed by atoms with Crippen molar-refractivity contribution in [2.24, 2.45) is 0 Å². The van der Waals surface area contributed by atoms with Gasteiger partial charge in [-0.15, -0.1) is 11.3 Å². The van der Waals surface area contributed by atoms with Crippen LogP contribution in [0.25, 0.3) is 0 Å². The number of amides is 1. The van der Waals surface area contributed by atoms with Crippen LogP contribution in [0.4, 0.5) is 0 Å². The summed E-state index contributed by atoms with van der Waals surface area (Å²) < 4.78 is 0. The summed E-state index contributed by atoms with van der Waals surface area (Å²) in [6, 6.07) is 4.06. The van der Waals surface area contributed by atoms with Crippen LogP contribution in [0, 0.1) is 0 Å². The molecule has 0 saturated heterocycles. The number of hydrogen-bond donors (Lipinski definition) is 0. The molecule has 0 bridgehead atoms. The van der Waals surface area contributed by atoms with Gasteiger partial charge in [0.05, 0.1) is 6.54 Å². The van der Waals surface area contributed by atoms with Crippen LogP contribution < -0.4 is 0 Å². The Morgan fingerprint density at radius 1 is 1.50 bits per heavy atom. The van der Waals surface area contributed by atoms with Gasteiger partial charge >= 0.3 is 0 Å². The minimum atomic E-state index is 0.0639. The summed E-state index contributed by atoms with van der Waals surface area (Å²) in [6.45, 7) is 5.36. The van der Waals surface area contributed by atoms with Gasteiger partial charge in [0.25, 0.3) is 0 Å². The highest BCUT2D eigenvalue weighted by Crippen LogP contribution is 2.11. The molecule has 0 aliphatic rings. The Labute approximate surface area is 101 Å². The molecule has 1 amide bonds. The maximum Gasteiger partial charge on any atom is 0.246 e. The lowest BCUT2D eigenvalue weighted by Crippen LogP contribution is -2.28. The Kier molecular flexibility index (Phi) is 5.57. The van der Waals surface area contributed by atoms with E-state index in [1.165, 1.54) is 4.88 Å². The van der Waals surface area contributed by atoms with Crippen LogP contribution in [0.3, 0.4) is 0 Å². The lowest BCUT2D eigenvalue weighted by molar-refractivity contribution is -0.126. The molecule has 86 valence electrons. The van der Waals surface area contributed by atoms with E-state index in [1.807, 2.05) is 42.3 Å². The predicted molar refractivity (Wildman–Crippen MR) is 69.4 cm³/mol. The third kappa shape index (κ3) is 4.03. The number of thiophene rings is 1. The van der Waals surface area contributed by atoms with Gasteiger partial charge in [-0.05, 0) is 25.3 Å². The fraction of sp³-hybridized carbons (Fsp3) is 0.308. The highest BCUT2D eigenvalue weighted by molar-refractivity contribution is 7.09. The third-order valence-corrected chi connectivity index (χ3v) is 3.02. The lowest BCUT2D eigenvalue weighted by atomic mass is 10.3. The second-order valence-corrected chi connectivity index (χ2v) is 4.35. The van der Waals surface area contributed by atoms with E-state index < -0.39 is 0 Å². The number of hydrogen-bond acceptors (Lipinski definition) is 2. The van der Waals surface area contributed by atoms with Crippen molar-refractivity contribution in [3.63, 3.8) is 0 Å². The molecule has 0 atom stereocenters. The topological polar surface area (TPSA) is 20.3 Å². The Bertz CT molecular complexity index is 365. The van der Waals surface area contributed by atoms with Crippen molar-refractivity contribution in [2.75, 3.05) is 6.54 Å². The van der Waals surface area contributed by atoms with Gasteiger partial charge < -0.3 is 4.90 Å². The number of allylic oxidation sites excluding steroid dienone is 3. The molecule has 0 saturated carbocycles. The summed E-state index contributed by atoms with van der Waals surface area (Å²) in [5, 5.41) is 2.03. The smallest absolute Gasteiger partial charge is 0.246 e. The van der Waals surface area contributed by atoms with E-state index in [2.05, 4.69) is 6.07 Å². The fourth-order valence-electron chi connectivity index (χ4n) is 1.29. The molecule has 0 unspecified atom stereocenters. The average molecular weight is 235 g/mol. The zero-order valence-corrected chi connectivity index (χ0v) is 10.5. The largest absolute Gasteiger partial charge is 0.334 e. The minimum Gasteiger partial charge on any atom is -0.334 e. The molecule has 1 heterocycles. The number of rotatable bonds is 5. The van der Waals surface area contributed by atoms with Gasteiger partial charge in [0.15, 0.2) is 0 Å². The maximum absolute atomic E-state index is 11.8. The van der Waals surface area contributed by atoms with Gasteiger partial charge in [0.2, 0.25) is 5.91 Å². The molecular weight excluding hydrogens is 218 g/mol. The van der Waals surface area contributed by atoms with Crippen LogP contribution in [0.5, 0.6) is 0 Å². The van der Waals surface area contributed by atoms with Gasteiger partial charge in [-0.25, -0.2) is 0 Å². The highest BCUT2D eigenvalue weighted by atomic mass is 32.1.